The van der Waals surface area contributed by atoms with Crippen molar-refractivity contribution in [3.8, 4) is 0 Å². The summed E-state index contributed by atoms with van der Waals surface area (Å²) in [7, 11) is 0. The molecule has 1 aliphatic rings. The number of aryl methyl sites for hydroxylation is 1. The molecule has 1 fully saturated rings. The third-order valence-electron chi connectivity index (χ3n) is 4.61. The van der Waals surface area contributed by atoms with E-state index in [-0.39, 0.29) is 12.2 Å². The number of hydrogen-bond donors (Lipinski definition) is 0. The molecule has 5 nitrogen and oxygen atoms in total. The summed E-state index contributed by atoms with van der Waals surface area (Å²) >= 11 is 3.74. The minimum absolute atomic E-state index is 0.0496. The van der Waals surface area contributed by atoms with Crippen LogP contribution in [0.2, 0.25) is 0 Å². The summed E-state index contributed by atoms with van der Waals surface area (Å²) in [6.45, 7) is 3.10. The van der Waals surface area contributed by atoms with Crippen LogP contribution in [-0.4, -0.2) is 29.0 Å². The van der Waals surface area contributed by atoms with Crippen LogP contribution in [0.4, 0.5) is 0 Å². The maximum Gasteiger partial charge on any atom is 0.305 e. The van der Waals surface area contributed by atoms with E-state index in [1.54, 1.807) is 0 Å². The molecule has 1 aliphatic heterocycles. The predicted molar refractivity (Wildman–Crippen MR) is 100 cm³/mol. The number of halogens is 1. The number of fused-ring (bicyclic) bond motifs is 1. The van der Waals surface area contributed by atoms with Gasteiger partial charge in [-0.25, -0.2) is 4.68 Å². The monoisotopic (exact) mass is 408 g/mol. The van der Waals surface area contributed by atoms with E-state index in [4.69, 9.17) is 9.47 Å². The Morgan fingerprint density at radius 3 is 3.04 bits per heavy atom. The normalized spacial score (nSPS) is 17.8. The lowest BCUT2D eigenvalue weighted by molar-refractivity contribution is -0.143. The second-order valence-corrected chi connectivity index (χ2v) is 7.19. The molecule has 0 saturated carbocycles. The van der Waals surface area contributed by atoms with E-state index in [1.165, 1.54) is 12.0 Å². The minimum atomic E-state index is -0.106. The topological polar surface area (TPSA) is 53.3 Å². The standard InChI is InChI=1S/C19H25BrN2O3/c1-2-24-18(23)9-4-3-7-14-10-11-16-15(19(14)20)13-21-22(16)17-8-5-6-12-25-17/h10-11,13,17H,2-9,12H2,1H3. The van der Waals surface area contributed by atoms with Crippen molar-refractivity contribution in [3.05, 3.63) is 28.4 Å². The summed E-state index contributed by atoms with van der Waals surface area (Å²) in [4.78, 5) is 11.4. The average Bonchev–Trinajstić information content (AvgIpc) is 3.06. The first-order chi connectivity index (χ1) is 12.2. The van der Waals surface area contributed by atoms with Crippen molar-refractivity contribution in [2.75, 3.05) is 13.2 Å². The molecule has 1 unspecified atom stereocenters. The summed E-state index contributed by atoms with van der Waals surface area (Å²) in [6.07, 6.45) is 8.53. The molecule has 0 amide bonds. The SMILES string of the molecule is CCOC(=O)CCCCc1ccc2c(cnn2C2CCCCO2)c1Br. The molecule has 2 aromatic rings. The molecule has 2 heterocycles. The van der Waals surface area contributed by atoms with Crippen molar-refractivity contribution in [3.63, 3.8) is 0 Å². The van der Waals surface area contributed by atoms with Crippen LogP contribution in [0.5, 0.6) is 0 Å². The summed E-state index contributed by atoms with van der Waals surface area (Å²) in [5, 5.41) is 5.68. The van der Waals surface area contributed by atoms with Crippen molar-refractivity contribution < 1.29 is 14.3 Å². The van der Waals surface area contributed by atoms with Crippen LogP contribution in [0.25, 0.3) is 10.9 Å². The number of hydrogen-bond acceptors (Lipinski definition) is 4. The highest BCUT2D eigenvalue weighted by Gasteiger charge is 2.19. The Balaban J connectivity index is 1.65. The summed E-state index contributed by atoms with van der Waals surface area (Å²) in [6, 6.07) is 4.28. The quantitative estimate of drug-likeness (QED) is 0.488. The van der Waals surface area contributed by atoms with E-state index in [0.29, 0.717) is 13.0 Å². The number of unbranched alkanes of at least 4 members (excludes halogenated alkanes) is 1. The molecule has 1 atom stereocenters. The highest BCUT2D eigenvalue weighted by Crippen LogP contribution is 2.32. The predicted octanol–water partition coefficient (Wildman–Crippen LogP) is 4.77. The average molecular weight is 409 g/mol. The van der Waals surface area contributed by atoms with Crippen molar-refractivity contribution in [1.29, 1.82) is 0 Å². The van der Waals surface area contributed by atoms with E-state index in [0.717, 1.165) is 54.1 Å². The van der Waals surface area contributed by atoms with Gasteiger partial charge in [0.15, 0.2) is 6.23 Å². The van der Waals surface area contributed by atoms with Gasteiger partial charge in [-0.1, -0.05) is 6.07 Å². The first-order valence-electron chi connectivity index (χ1n) is 9.12. The Morgan fingerprint density at radius 1 is 1.40 bits per heavy atom. The number of esters is 1. The zero-order valence-corrected chi connectivity index (χ0v) is 16.3. The lowest BCUT2D eigenvalue weighted by Crippen LogP contribution is -2.18. The fourth-order valence-electron chi connectivity index (χ4n) is 3.29. The number of benzene rings is 1. The summed E-state index contributed by atoms with van der Waals surface area (Å²) < 4.78 is 13.9. The lowest BCUT2D eigenvalue weighted by atomic mass is 10.1. The Hall–Kier alpha value is -1.40. The van der Waals surface area contributed by atoms with Crippen LogP contribution in [0.15, 0.2) is 22.8 Å². The van der Waals surface area contributed by atoms with Gasteiger partial charge in [0.2, 0.25) is 0 Å². The number of carbonyl (C=O) groups is 1. The van der Waals surface area contributed by atoms with E-state index in [2.05, 4.69) is 33.2 Å². The van der Waals surface area contributed by atoms with Gasteiger partial charge in [0.05, 0.1) is 18.3 Å². The van der Waals surface area contributed by atoms with Crippen molar-refractivity contribution >= 4 is 32.8 Å². The fraction of sp³-hybridized carbons (Fsp3) is 0.579. The van der Waals surface area contributed by atoms with Crippen molar-refractivity contribution in [1.82, 2.24) is 9.78 Å². The highest BCUT2D eigenvalue weighted by molar-refractivity contribution is 9.10. The molecule has 6 heteroatoms. The molecular formula is C19H25BrN2O3. The number of carbonyl (C=O) groups excluding carboxylic acids is 1. The molecule has 0 radical (unpaired) electrons. The number of nitrogens with zero attached hydrogens (tertiary/aromatic N) is 2. The van der Waals surface area contributed by atoms with Crippen LogP contribution in [0.3, 0.4) is 0 Å². The van der Waals surface area contributed by atoms with E-state index in [9.17, 15) is 4.79 Å². The van der Waals surface area contributed by atoms with Gasteiger partial charge in [-0.15, -0.1) is 0 Å². The van der Waals surface area contributed by atoms with E-state index >= 15 is 0 Å². The molecular weight excluding hydrogens is 384 g/mol. The smallest absolute Gasteiger partial charge is 0.305 e. The van der Waals surface area contributed by atoms with Gasteiger partial charge in [-0.05, 0) is 73.0 Å². The Morgan fingerprint density at radius 2 is 2.28 bits per heavy atom. The van der Waals surface area contributed by atoms with Gasteiger partial charge in [0.25, 0.3) is 0 Å². The Labute approximate surface area is 156 Å². The number of rotatable bonds is 7. The highest BCUT2D eigenvalue weighted by atomic mass is 79.9. The molecule has 136 valence electrons. The zero-order chi connectivity index (χ0) is 17.6. The molecule has 3 rings (SSSR count). The van der Waals surface area contributed by atoms with Gasteiger partial charge in [0.1, 0.15) is 0 Å². The van der Waals surface area contributed by atoms with Crippen molar-refractivity contribution in [2.24, 2.45) is 0 Å². The van der Waals surface area contributed by atoms with Crippen molar-refractivity contribution in [2.45, 2.75) is 58.1 Å². The van der Waals surface area contributed by atoms with Gasteiger partial charge < -0.3 is 9.47 Å². The van der Waals surface area contributed by atoms with Crippen LogP contribution < -0.4 is 0 Å². The first kappa shape index (κ1) is 18.4. The molecule has 1 aromatic heterocycles. The lowest BCUT2D eigenvalue weighted by Gasteiger charge is -2.23. The molecule has 0 spiro atoms. The Bertz CT molecular complexity index is 723. The molecule has 1 saturated heterocycles. The summed E-state index contributed by atoms with van der Waals surface area (Å²) in [5.74, 6) is -0.106. The van der Waals surface area contributed by atoms with Crippen LogP contribution >= 0.6 is 15.9 Å². The van der Waals surface area contributed by atoms with Crippen LogP contribution in [-0.2, 0) is 20.7 Å². The first-order valence-corrected chi connectivity index (χ1v) is 9.92. The minimum Gasteiger partial charge on any atom is -0.466 e. The Kier molecular flexibility index (Phi) is 6.48. The molecule has 1 aromatic carbocycles. The second kappa shape index (κ2) is 8.81. The maximum absolute atomic E-state index is 11.4. The van der Waals surface area contributed by atoms with E-state index < -0.39 is 0 Å². The molecule has 0 N–H and O–H groups in total. The van der Waals surface area contributed by atoms with Gasteiger partial charge in [0, 0.05) is 22.9 Å². The third kappa shape index (κ3) is 4.42. The molecule has 0 aliphatic carbocycles. The maximum atomic E-state index is 11.4. The fourth-order valence-corrected chi connectivity index (χ4v) is 3.93. The number of aromatic nitrogens is 2. The van der Waals surface area contributed by atoms with Crippen LogP contribution in [0, 0.1) is 0 Å². The second-order valence-electron chi connectivity index (χ2n) is 6.39. The largest absolute Gasteiger partial charge is 0.466 e. The third-order valence-corrected chi connectivity index (χ3v) is 5.54. The molecule has 25 heavy (non-hydrogen) atoms. The van der Waals surface area contributed by atoms with Gasteiger partial charge in [-0.3, -0.25) is 4.79 Å². The van der Waals surface area contributed by atoms with Crippen LogP contribution in [0.1, 0.15) is 57.2 Å². The summed E-state index contributed by atoms with van der Waals surface area (Å²) in [5.41, 5.74) is 2.36. The van der Waals surface area contributed by atoms with E-state index in [1.807, 2.05) is 17.8 Å². The zero-order valence-electron chi connectivity index (χ0n) is 14.7. The van der Waals surface area contributed by atoms with Gasteiger partial charge in [-0.2, -0.15) is 5.10 Å². The molecule has 0 bridgehead atoms. The number of ether oxygens (including phenoxy) is 2. The van der Waals surface area contributed by atoms with Gasteiger partial charge >= 0.3 is 5.97 Å².